The van der Waals surface area contributed by atoms with E-state index in [9.17, 15) is 9.59 Å². The first-order valence-corrected chi connectivity index (χ1v) is 6.38. The average molecular weight is 259 g/mol. The Kier molecular flexibility index (Phi) is 4.00. The molecule has 1 aromatic rings. The molecule has 1 aliphatic heterocycles. The van der Waals surface area contributed by atoms with Crippen LogP contribution in [0.15, 0.2) is 30.3 Å². The van der Waals surface area contributed by atoms with Crippen LogP contribution in [0, 0.1) is 0 Å². The van der Waals surface area contributed by atoms with Crippen LogP contribution in [0.5, 0.6) is 0 Å². The molecule has 0 spiro atoms. The van der Waals surface area contributed by atoms with Crippen molar-refractivity contribution in [3.8, 4) is 0 Å². The topological polar surface area (TPSA) is 57.6 Å². The number of amides is 1. The highest BCUT2D eigenvalue weighted by Gasteiger charge is 2.25. The van der Waals surface area contributed by atoms with Gasteiger partial charge in [0.25, 0.3) is 0 Å². The van der Waals surface area contributed by atoms with E-state index in [1.807, 2.05) is 36.1 Å². The van der Waals surface area contributed by atoms with E-state index in [1.54, 1.807) is 6.08 Å². The van der Waals surface area contributed by atoms with E-state index in [-0.39, 0.29) is 11.9 Å². The highest BCUT2D eigenvalue weighted by atomic mass is 16.4. The zero-order valence-corrected chi connectivity index (χ0v) is 10.9. The van der Waals surface area contributed by atoms with Gasteiger partial charge in [-0.15, -0.1) is 0 Å². The number of aliphatic carboxylic acids is 1. The number of likely N-dealkylation sites (tertiary alicyclic amines) is 1. The minimum absolute atomic E-state index is 0.0764. The van der Waals surface area contributed by atoms with Crippen molar-refractivity contribution in [2.45, 2.75) is 25.8 Å². The van der Waals surface area contributed by atoms with Gasteiger partial charge in [-0.05, 0) is 30.5 Å². The highest BCUT2D eigenvalue weighted by Crippen LogP contribution is 2.25. The molecule has 100 valence electrons. The first-order valence-electron chi connectivity index (χ1n) is 6.38. The number of carboxylic acids is 1. The molecule has 4 heteroatoms. The molecule has 1 amide bonds. The number of benzene rings is 1. The molecular formula is C15H17NO3. The standard InChI is InChI=1S/C15H17NO3/c1-11(16-10-2-3-14(16)17)13-7-4-12(5-8-13)6-9-15(18)19/h4-9,11H,2-3,10H2,1H3,(H,18,19)/b9-6+. The predicted molar refractivity (Wildman–Crippen MR) is 72.5 cm³/mol. The number of rotatable bonds is 4. The summed E-state index contributed by atoms with van der Waals surface area (Å²) in [6.45, 7) is 2.84. The van der Waals surface area contributed by atoms with Gasteiger partial charge in [-0.1, -0.05) is 24.3 Å². The monoisotopic (exact) mass is 259 g/mol. The summed E-state index contributed by atoms with van der Waals surface area (Å²) in [5.41, 5.74) is 1.91. The molecule has 0 bridgehead atoms. The Morgan fingerprint density at radius 1 is 1.37 bits per heavy atom. The molecule has 1 fully saturated rings. The van der Waals surface area contributed by atoms with Gasteiger partial charge in [-0.2, -0.15) is 0 Å². The van der Waals surface area contributed by atoms with Crippen LogP contribution < -0.4 is 0 Å². The van der Waals surface area contributed by atoms with Crippen molar-refractivity contribution < 1.29 is 14.7 Å². The summed E-state index contributed by atoms with van der Waals surface area (Å²) >= 11 is 0. The highest BCUT2D eigenvalue weighted by molar-refractivity contribution is 5.85. The quantitative estimate of drug-likeness (QED) is 0.845. The summed E-state index contributed by atoms with van der Waals surface area (Å²) in [4.78, 5) is 24.0. The lowest BCUT2D eigenvalue weighted by molar-refractivity contribution is -0.131. The third-order valence-corrected chi connectivity index (χ3v) is 3.41. The van der Waals surface area contributed by atoms with E-state index in [0.717, 1.165) is 30.2 Å². The van der Waals surface area contributed by atoms with Crippen LogP contribution >= 0.6 is 0 Å². The maximum absolute atomic E-state index is 11.7. The number of carboxylic acid groups (broad SMARTS) is 1. The lowest BCUT2D eigenvalue weighted by atomic mass is 10.0. The lowest BCUT2D eigenvalue weighted by Crippen LogP contribution is -2.27. The fourth-order valence-electron chi connectivity index (χ4n) is 2.31. The van der Waals surface area contributed by atoms with Crippen molar-refractivity contribution in [1.82, 2.24) is 4.90 Å². The zero-order chi connectivity index (χ0) is 13.8. The summed E-state index contributed by atoms with van der Waals surface area (Å²) < 4.78 is 0. The molecule has 2 rings (SSSR count). The Morgan fingerprint density at radius 2 is 2.05 bits per heavy atom. The summed E-state index contributed by atoms with van der Waals surface area (Å²) in [7, 11) is 0. The Hall–Kier alpha value is -2.10. The SMILES string of the molecule is CC(c1ccc(/C=C/C(=O)O)cc1)N1CCCC1=O. The Morgan fingerprint density at radius 3 is 2.58 bits per heavy atom. The van der Waals surface area contributed by atoms with Gasteiger partial charge in [0.1, 0.15) is 0 Å². The van der Waals surface area contributed by atoms with Gasteiger partial charge in [0.15, 0.2) is 0 Å². The van der Waals surface area contributed by atoms with Crippen molar-refractivity contribution in [2.24, 2.45) is 0 Å². The molecule has 1 saturated heterocycles. The number of nitrogens with zero attached hydrogens (tertiary/aromatic N) is 1. The van der Waals surface area contributed by atoms with E-state index < -0.39 is 5.97 Å². The number of hydrogen-bond donors (Lipinski definition) is 1. The molecule has 19 heavy (non-hydrogen) atoms. The summed E-state index contributed by atoms with van der Waals surface area (Å²) in [6, 6.07) is 7.69. The minimum Gasteiger partial charge on any atom is -0.478 e. The Balaban J connectivity index is 2.09. The average Bonchev–Trinajstić information content (AvgIpc) is 2.82. The minimum atomic E-state index is -0.958. The molecule has 1 atom stereocenters. The van der Waals surface area contributed by atoms with E-state index >= 15 is 0 Å². The number of carbonyl (C=O) groups excluding carboxylic acids is 1. The van der Waals surface area contributed by atoms with Crippen molar-refractivity contribution in [1.29, 1.82) is 0 Å². The molecule has 1 unspecified atom stereocenters. The van der Waals surface area contributed by atoms with E-state index in [0.29, 0.717) is 6.42 Å². The Bertz CT molecular complexity index is 505. The zero-order valence-electron chi connectivity index (χ0n) is 10.9. The van der Waals surface area contributed by atoms with Crippen molar-refractivity contribution in [3.63, 3.8) is 0 Å². The van der Waals surface area contributed by atoms with Gasteiger partial charge in [-0.25, -0.2) is 4.79 Å². The largest absolute Gasteiger partial charge is 0.478 e. The summed E-state index contributed by atoms with van der Waals surface area (Å²) in [6.07, 6.45) is 4.24. The second-order valence-electron chi connectivity index (χ2n) is 4.70. The second kappa shape index (κ2) is 5.69. The van der Waals surface area contributed by atoms with E-state index in [1.165, 1.54) is 0 Å². The summed E-state index contributed by atoms with van der Waals surface area (Å²) in [5.74, 6) is -0.748. The molecule has 0 saturated carbocycles. The normalized spacial score (nSPS) is 17.1. The lowest BCUT2D eigenvalue weighted by Gasteiger charge is -2.24. The van der Waals surface area contributed by atoms with Gasteiger partial charge in [0.2, 0.25) is 5.91 Å². The van der Waals surface area contributed by atoms with Crippen LogP contribution in [0.25, 0.3) is 6.08 Å². The molecule has 0 aliphatic carbocycles. The molecule has 1 heterocycles. The van der Waals surface area contributed by atoms with Crippen LogP contribution in [0.1, 0.15) is 36.9 Å². The maximum Gasteiger partial charge on any atom is 0.328 e. The van der Waals surface area contributed by atoms with Crippen LogP contribution in [-0.2, 0) is 9.59 Å². The van der Waals surface area contributed by atoms with Gasteiger partial charge in [-0.3, -0.25) is 4.79 Å². The van der Waals surface area contributed by atoms with Crippen molar-refractivity contribution in [3.05, 3.63) is 41.5 Å². The number of hydrogen-bond acceptors (Lipinski definition) is 2. The van der Waals surface area contributed by atoms with Crippen LogP contribution in [-0.4, -0.2) is 28.4 Å². The summed E-state index contributed by atoms with van der Waals surface area (Å²) in [5, 5.41) is 8.56. The van der Waals surface area contributed by atoms with Crippen LogP contribution in [0.4, 0.5) is 0 Å². The van der Waals surface area contributed by atoms with Crippen molar-refractivity contribution in [2.75, 3.05) is 6.54 Å². The maximum atomic E-state index is 11.7. The first kappa shape index (κ1) is 13.3. The van der Waals surface area contributed by atoms with Crippen LogP contribution in [0.2, 0.25) is 0 Å². The predicted octanol–water partition coefficient (Wildman–Crippen LogP) is 2.47. The third kappa shape index (κ3) is 3.22. The van der Waals surface area contributed by atoms with E-state index in [2.05, 4.69) is 0 Å². The second-order valence-corrected chi connectivity index (χ2v) is 4.70. The third-order valence-electron chi connectivity index (χ3n) is 3.41. The number of carbonyl (C=O) groups is 2. The molecule has 1 aromatic carbocycles. The first-order chi connectivity index (χ1) is 9.08. The van der Waals surface area contributed by atoms with Gasteiger partial charge < -0.3 is 10.0 Å². The fourth-order valence-corrected chi connectivity index (χ4v) is 2.31. The Labute approximate surface area is 112 Å². The molecular weight excluding hydrogens is 242 g/mol. The van der Waals surface area contributed by atoms with Gasteiger partial charge >= 0.3 is 5.97 Å². The molecule has 1 aliphatic rings. The van der Waals surface area contributed by atoms with Crippen molar-refractivity contribution >= 4 is 18.0 Å². The van der Waals surface area contributed by atoms with E-state index in [4.69, 9.17) is 5.11 Å². The van der Waals surface area contributed by atoms with Crippen LogP contribution in [0.3, 0.4) is 0 Å². The molecule has 0 radical (unpaired) electrons. The fraction of sp³-hybridized carbons (Fsp3) is 0.333. The van der Waals surface area contributed by atoms with Gasteiger partial charge in [0, 0.05) is 19.0 Å². The molecule has 0 aromatic heterocycles. The smallest absolute Gasteiger partial charge is 0.328 e. The molecule has 1 N–H and O–H groups in total. The van der Waals surface area contributed by atoms with Gasteiger partial charge in [0.05, 0.1) is 6.04 Å². The molecule has 4 nitrogen and oxygen atoms in total.